The van der Waals surface area contributed by atoms with E-state index in [0.717, 1.165) is 11.3 Å². The lowest BCUT2D eigenvalue weighted by atomic mass is 10.0. The first-order chi connectivity index (χ1) is 6.66. The van der Waals surface area contributed by atoms with Crippen molar-refractivity contribution in [1.82, 2.24) is 0 Å². The molecule has 0 N–H and O–H groups in total. The van der Waals surface area contributed by atoms with Crippen molar-refractivity contribution in [2.75, 3.05) is 0 Å². The molecule has 0 bridgehead atoms. The Hall–Kier alpha value is -1.15. The predicted octanol–water partition coefficient (Wildman–Crippen LogP) is 2.81. The molecule has 0 spiro atoms. The van der Waals surface area contributed by atoms with E-state index in [-0.39, 0.29) is 11.8 Å². The Morgan fingerprint density at radius 3 is 2.50 bits per heavy atom. The van der Waals surface area contributed by atoms with Crippen molar-refractivity contribution in [2.45, 2.75) is 19.4 Å². The monoisotopic (exact) mass is 207 g/mol. The highest BCUT2D eigenvalue weighted by atomic mass is 35.5. The summed E-state index contributed by atoms with van der Waals surface area (Å²) >= 11 is 5.76. The van der Waals surface area contributed by atoms with Crippen LogP contribution in [-0.4, -0.2) is 11.5 Å². The summed E-state index contributed by atoms with van der Waals surface area (Å²) < 4.78 is 0. The highest BCUT2D eigenvalue weighted by molar-refractivity contribution is 6.30. The maximum Gasteiger partial charge on any atom is 0.167 e. The number of carbonyl (C=O) groups is 1. The summed E-state index contributed by atoms with van der Waals surface area (Å²) in [5, 5.41) is 0.680. The first kappa shape index (κ1) is 9.41. The number of hydrogen-bond acceptors (Lipinski definition) is 2. The van der Waals surface area contributed by atoms with Crippen LogP contribution in [0.1, 0.15) is 24.9 Å². The van der Waals surface area contributed by atoms with E-state index in [4.69, 9.17) is 11.6 Å². The lowest BCUT2D eigenvalue weighted by Gasteiger charge is -2.05. The third kappa shape index (κ3) is 1.70. The molecule has 0 fully saturated rings. The molecule has 0 saturated carbocycles. The molecule has 72 valence electrons. The number of benzene rings is 1. The quantitative estimate of drug-likeness (QED) is 0.696. The van der Waals surface area contributed by atoms with E-state index < -0.39 is 0 Å². The summed E-state index contributed by atoms with van der Waals surface area (Å²) in [7, 11) is 0. The van der Waals surface area contributed by atoms with Crippen molar-refractivity contribution in [3.05, 3.63) is 34.9 Å². The molecule has 1 heterocycles. The lowest BCUT2D eigenvalue weighted by Crippen LogP contribution is -2.04. The first-order valence-corrected chi connectivity index (χ1v) is 4.86. The molecule has 3 heteroatoms. The zero-order valence-corrected chi connectivity index (χ0v) is 8.58. The molecule has 0 saturated heterocycles. The van der Waals surface area contributed by atoms with E-state index in [2.05, 4.69) is 4.99 Å². The number of hydrogen-bond donors (Lipinski definition) is 0. The third-order valence-electron chi connectivity index (χ3n) is 2.27. The Labute approximate surface area is 87.6 Å². The van der Waals surface area contributed by atoms with Gasteiger partial charge in [0.25, 0.3) is 0 Å². The van der Waals surface area contributed by atoms with Crippen molar-refractivity contribution in [3.8, 4) is 0 Å². The minimum atomic E-state index is -0.299. The van der Waals surface area contributed by atoms with Gasteiger partial charge < -0.3 is 0 Å². The summed E-state index contributed by atoms with van der Waals surface area (Å²) in [5.74, 6) is 0.171. The number of carbonyl (C=O) groups excluding carboxylic acids is 1. The molecule has 14 heavy (non-hydrogen) atoms. The minimum Gasteiger partial charge on any atom is -0.296 e. The SMILES string of the molecule is CC1=NC(c2ccc(Cl)cc2)C(=O)C1. The molecule has 1 aliphatic rings. The van der Waals surface area contributed by atoms with Gasteiger partial charge in [0.2, 0.25) is 0 Å². The van der Waals surface area contributed by atoms with Crippen molar-refractivity contribution in [3.63, 3.8) is 0 Å². The fourth-order valence-electron chi connectivity index (χ4n) is 1.59. The highest BCUT2D eigenvalue weighted by Crippen LogP contribution is 2.26. The number of ketones is 1. The molecule has 0 aromatic heterocycles. The summed E-state index contributed by atoms with van der Waals surface area (Å²) in [6.45, 7) is 1.88. The van der Waals surface area contributed by atoms with Crippen LogP contribution in [0.15, 0.2) is 29.3 Å². The lowest BCUT2D eigenvalue weighted by molar-refractivity contribution is -0.118. The fraction of sp³-hybridized carbons (Fsp3) is 0.273. The van der Waals surface area contributed by atoms with Crippen LogP contribution in [0.5, 0.6) is 0 Å². The Morgan fingerprint density at radius 2 is 2.00 bits per heavy atom. The summed E-state index contributed by atoms with van der Waals surface area (Å²) in [4.78, 5) is 15.8. The third-order valence-corrected chi connectivity index (χ3v) is 2.52. The van der Waals surface area contributed by atoms with Gasteiger partial charge in [0.1, 0.15) is 6.04 Å². The van der Waals surface area contributed by atoms with Crippen LogP contribution in [0, 0.1) is 0 Å². The van der Waals surface area contributed by atoms with Gasteiger partial charge in [-0.05, 0) is 24.6 Å². The van der Waals surface area contributed by atoms with E-state index in [1.54, 1.807) is 12.1 Å². The van der Waals surface area contributed by atoms with Crippen molar-refractivity contribution < 1.29 is 4.79 Å². The van der Waals surface area contributed by atoms with E-state index in [1.165, 1.54) is 0 Å². The second-order valence-electron chi connectivity index (χ2n) is 3.46. The van der Waals surface area contributed by atoms with Gasteiger partial charge in [-0.25, -0.2) is 0 Å². The topological polar surface area (TPSA) is 29.4 Å². The van der Waals surface area contributed by atoms with Crippen LogP contribution in [0.3, 0.4) is 0 Å². The summed E-state index contributed by atoms with van der Waals surface area (Å²) in [5.41, 5.74) is 1.84. The zero-order chi connectivity index (χ0) is 10.1. The minimum absolute atomic E-state index is 0.171. The highest BCUT2D eigenvalue weighted by Gasteiger charge is 2.25. The van der Waals surface area contributed by atoms with Crippen molar-refractivity contribution >= 4 is 23.1 Å². The van der Waals surface area contributed by atoms with Gasteiger partial charge in [0.05, 0.1) is 0 Å². The fourth-order valence-corrected chi connectivity index (χ4v) is 1.72. The number of Topliss-reactive ketones (excluding diaryl/α,β-unsaturated/α-hetero) is 1. The predicted molar refractivity (Wildman–Crippen MR) is 56.9 cm³/mol. The van der Waals surface area contributed by atoms with Crippen LogP contribution in [0.25, 0.3) is 0 Å². The molecule has 1 atom stereocenters. The maximum absolute atomic E-state index is 11.5. The Morgan fingerprint density at radius 1 is 1.36 bits per heavy atom. The van der Waals surface area contributed by atoms with Gasteiger partial charge in [-0.3, -0.25) is 9.79 Å². The molecule has 1 unspecified atom stereocenters. The molecule has 0 aliphatic carbocycles. The average molecular weight is 208 g/mol. The average Bonchev–Trinajstić information content (AvgIpc) is 2.47. The van der Waals surface area contributed by atoms with E-state index >= 15 is 0 Å². The van der Waals surface area contributed by atoms with E-state index in [9.17, 15) is 4.79 Å². The normalized spacial score (nSPS) is 21.1. The van der Waals surface area contributed by atoms with E-state index in [1.807, 2.05) is 19.1 Å². The first-order valence-electron chi connectivity index (χ1n) is 4.48. The maximum atomic E-state index is 11.5. The standard InChI is InChI=1S/C11H10ClNO/c1-7-6-10(14)11(13-7)8-2-4-9(12)5-3-8/h2-5,11H,6H2,1H3. The van der Waals surface area contributed by atoms with Crippen LogP contribution >= 0.6 is 11.6 Å². The van der Waals surface area contributed by atoms with Crippen molar-refractivity contribution in [1.29, 1.82) is 0 Å². The van der Waals surface area contributed by atoms with Gasteiger partial charge in [-0.2, -0.15) is 0 Å². The number of halogens is 1. The molecule has 0 radical (unpaired) electrons. The molecular weight excluding hydrogens is 198 g/mol. The molecule has 0 amide bonds. The van der Waals surface area contributed by atoms with Gasteiger partial charge in [0.15, 0.2) is 5.78 Å². The van der Waals surface area contributed by atoms with Gasteiger partial charge in [-0.15, -0.1) is 0 Å². The van der Waals surface area contributed by atoms with Crippen molar-refractivity contribution in [2.24, 2.45) is 4.99 Å². The Balaban J connectivity index is 2.32. The number of nitrogens with zero attached hydrogens (tertiary/aromatic N) is 1. The zero-order valence-electron chi connectivity index (χ0n) is 7.83. The summed E-state index contributed by atoms with van der Waals surface area (Å²) in [6, 6.07) is 6.98. The van der Waals surface area contributed by atoms with Crippen LogP contribution in [0.4, 0.5) is 0 Å². The van der Waals surface area contributed by atoms with E-state index in [0.29, 0.717) is 11.4 Å². The number of aliphatic imine (C=N–C) groups is 1. The Bertz CT molecular complexity index is 394. The molecule has 1 aromatic rings. The second kappa shape index (κ2) is 3.54. The largest absolute Gasteiger partial charge is 0.296 e. The Kier molecular flexibility index (Phi) is 2.38. The van der Waals surface area contributed by atoms with Gasteiger partial charge in [0, 0.05) is 17.2 Å². The summed E-state index contributed by atoms with van der Waals surface area (Å²) in [6.07, 6.45) is 0.479. The van der Waals surface area contributed by atoms with Crippen LogP contribution in [-0.2, 0) is 4.79 Å². The number of rotatable bonds is 1. The second-order valence-corrected chi connectivity index (χ2v) is 3.90. The molecule has 1 aliphatic heterocycles. The van der Waals surface area contributed by atoms with Crippen LogP contribution in [0.2, 0.25) is 5.02 Å². The smallest absolute Gasteiger partial charge is 0.167 e. The van der Waals surface area contributed by atoms with Gasteiger partial charge in [-0.1, -0.05) is 23.7 Å². The van der Waals surface area contributed by atoms with Gasteiger partial charge >= 0.3 is 0 Å². The van der Waals surface area contributed by atoms with Crippen LogP contribution < -0.4 is 0 Å². The molecular formula is C11H10ClNO. The molecule has 2 nitrogen and oxygen atoms in total. The molecule has 2 rings (SSSR count). The molecule has 1 aromatic carbocycles.